The molecule has 0 unspecified atom stereocenters. The van der Waals surface area contributed by atoms with Gasteiger partial charge in [0.15, 0.2) is 5.78 Å². The number of fused-ring (bicyclic) bond motifs is 2. The fourth-order valence-corrected chi connectivity index (χ4v) is 5.60. The predicted molar refractivity (Wildman–Crippen MR) is 143 cm³/mol. The molecule has 1 aliphatic carbocycles. The van der Waals surface area contributed by atoms with Crippen LogP contribution in [-0.2, 0) is 11.3 Å². The summed E-state index contributed by atoms with van der Waals surface area (Å²) in [6.45, 7) is 4.86. The number of carbonyl (C=O) groups is 1. The number of nitrogens with zero attached hydrogens (tertiary/aromatic N) is 2. The number of anilines is 2. The lowest BCUT2D eigenvalue weighted by atomic mass is 9.73. The number of aromatic amines is 1. The van der Waals surface area contributed by atoms with E-state index in [0.717, 1.165) is 57.2 Å². The molecule has 0 radical (unpaired) electrons. The number of ether oxygens (including phenoxy) is 1. The molecule has 0 fully saturated rings. The smallest absolute Gasteiger partial charge is 0.163 e. The van der Waals surface area contributed by atoms with E-state index in [1.165, 1.54) is 0 Å². The van der Waals surface area contributed by atoms with Crippen molar-refractivity contribution in [3.63, 3.8) is 0 Å². The number of ketones is 1. The molecule has 6 nitrogen and oxygen atoms in total. The fourth-order valence-electron chi connectivity index (χ4n) is 5.60. The summed E-state index contributed by atoms with van der Waals surface area (Å²) in [5.41, 5.74) is 6.78. The van der Waals surface area contributed by atoms with E-state index in [0.29, 0.717) is 13.0 Å². The first-order chi connectivity index (χ1) is 17.4. The van der Waals surface area contributed by atoms with Crippen LogP contribution in [0.5, 0.6) is 5.75 Å². The number of methoxy groups -OCH3 is 1. The van der Waals surface area contributed by atoms with E-state index in [2.05, 4.69) is 53.3 Å². The monoisotopic (exact) mass is 478 g/mol. The lowest BCUT2D eigenvalue weighted by molar-refractivity contribution is -0.118. The summed E-state index contributed by atoms with van der Waals surface area (Å²) in [5, 5.41) is 3.67. The molecular formula is C30H30N4O2. The van der Waals surface area contributed by atoms with Crippen LogP contribution >= 0.6 is 0 Å². The van der Waals surface area contributed by atoms with Crippen LogP contribution < -0.4 is 15.0 Å². The van der Waals surface area contributed by atoms with Crippen molar-refractivity contribution in [3.05, 3.63) is 95.5 Å². The summed E-state index contributed by atoms with van der Waals surface area (Å²) in [5.74, 6) is 1.84. The highest BCUT2D eigenvalue weighted by molar-refractivity contribution is 6.01. The zero-order valence-electron chi connectivity index (χ0n) is 20.8. The predicted octanol–water partition coefficient (Wildman–Crippen LogP) is 6.39. The first-order valence-electron chi connectivity index (χ1n) is 12.4. The van der Waals surface area contributed by atoms with Crippen molar-refractivity contribution >= 4 is 28.2 Å². The maximum atomic E-state index is 13.8. The van der Waals surface area contributed by atoms with E-state index in [1.807, 2.05) is 48.5 Å². The van der Waals surface area contributed by atoms with Gasteiger partial charge in [0.25, 0.3) is 0 Å². The lowest BCUT2D eigenvalue weighted by Crippen LogP contribution is -2.36. The molecule has 1 atom stereocenters. The van der Waals surface area contributed by atoms with Gasteiger partial charge < -0.3 is 19.9 Å². The summed E-state index contributed by atoms with van der Waals surface area (Å²) in [4.78, 5) is 24.5. The Morgan fingerprint density at radius 1 is 1.00 bits per heavy atom. The van der Waals surface area contributed by atoms with E-state index in [-0.39, 0.29) is 17.2 Å². The molecule has 0 bridgehead atoms. The number of allylic oxidation sites excluding steroid dienone is 1. The van der Waals surface area contributed by atoms with Gasteiger partial charge >= 0.3 is 0 Å². The molecule has 3 aromatic carbocycles. The van der Waals surface area contributed by atoms with Gasteiger partial charge in [0.05, 0.1) is 42.1 Å². The first kappa shape index (κ1) is 22.4. The Morgan fingerprint density at radius 3 is 2.53 bits per heavy atom. The summed E-state index contributed by atoms with van der Waals surface area (Å²) >= 11 is 0. The molecule has 0 saturated heterocycles. The van der Waals surface area contributed by atoms with Gasteiger partial charge in [-0.2, -0.15) is 0 Å². The topological polar surface area (TPSA) is 70.2 Å². The first-order valence-corrected chi connectivity index (χ1v) is 12.4. The number of imidazole rings is 1. The highest BCUT2D eigenvalue weighted by atomic mass is 16.5. The van der Waals surface area contributed by atoms with Gasteiger partial charge in [0.2, 0.25) is 0 Å². The Balaban J connectivity index is 1.55. The number of Topliss-reactive ketones (excluding diaryl/α,β-unsaturated/α-hetero) is 1. The van der Waals surface area contributed by atoms with Gasteiger partial charge in [-0.15, -0.1) is 0 Å². The summed E-state index contributed by atoms with van der Waals surface area (Å²) < 4.78 is 5.43. The third-order valence-corrected chi connectivity index (χ3v) is 7.19. The number of H-pyrrole nitrogens is 1. The standard InChI is InChI=1S/C30H30N4O2/c1-30(2)16-24-28(26(35)17-30)29(19-12-14-20(36-3)15-13-19)34(25-11-7-6-10-23(25)31-24)18-27-32-21-8-4-5-9-22(21)33-27/h4-15,29,31H,16-18H2,1-3H3,(H,32,33)/t29-/m0/s1. The fraction of sp³-hybridized carbons (Fsp3) is 0.267. The van der Waals surface area contributed by atoms with Gasteiger partial charge in [0.1, 0.15) is 11.6 Å². The van der Waals surface area contributed by atoms with Crippen LogP contribution in [0.1, 0.15) is 44.1 Å². The van der Waals surface area contributed by atoms with Crippen LogP contribution in [0.4, 0.5) is 11.4 Å². The average Bonchev–Trinajstić information content (AvgIpc) is 3.22. The Morgan fingerprint density at radius 2 is 1.75 bits per heavy atom. The summed E-state index contributed by atoms with van der Waals surface area (Å²) in [6, 6.07) is 24.2. The maximum Gasteiger partial charge on any atom is 0.163 e. The van der Waals surface area contributed by atoms with Gasteiger partial charge in [-0.25, -0.2) is 4.98 Å². The number of hydrogen-bond acceptors (Lipinski definition) is 5. The van der Waals surface area contributed by atoms with Crippen molar-refractivity contribution < 1.29 is 9.53 Å². The minimum Gasteiger partial charge on any atom is -0.497 e. The molecule has 4 aromatic rings. The molecule has 2 N–H and O–H groups in total. The molecule has 0 spiro atoms. The Hall–Kier alpha value is -4.06. The number of benzene rings is 3. The van der Waals surface area contributed by atoms with E-state index >= 15 is 0 Å². The zero-order valence-corrected chi connectivity index (χ0v) is 20.8. The number of hydrogen-bond donors (Lipinski definition) is 2. The molecule has 2 heterocycles. The normalized spacial score (nSPS) is 18.9. The van der Waals surface area contributed by atoms with E-state index < -0.39 is 0 Å². The van der Waals surface area contributed by atoms with Crippen LogP contribution in [0.2, 0.25) is 0 Å². The van der Waals surface area contributed by atoms with Crippen molar-refractivity contribution in [2.24, 2.45) is 5.41 Å². The lowest BCUT2D eigenvalue weighted by Gasteiger charge is -2.38. The number of para-hydroxylation sites is 4. The average molecular weight is 479 g/mol. The molecule has 2 aliphatic rings. The molecular weight excluding hydrogens is 448 g/mol. The number of rotatable bonds is 4. The molecule has 6 rings (SSSR count). The van der Waals surface area contributed by atoms with E-state index in [1.54, 1.807) is 7.11 Å². The second-order valence-corrected chi connectivity index (χ2v) is 10.5. The molecule has 6 heteroatoms. The van der Waals surface area contributed by atoms with Crippen molar-refractivity contribution in [1.82, 2.24) is 9.97 Å². The quantitative estimate of drug-likeness (QED) is 0.356. The summed E-state index contributed by atoms with van der Waals surface area (Å²) in [7, 11) is 1.67. The highest BCUT2D eigenvalue weighted by Crippen LogP contribution is 2.48. The molecule has 0 saturated carbocycles. The van der Waals surface area contributed by atoms with E-state index in [9.17, 15) is 4.79 Å². The molecule has 182 valence electrons. The summed E-state index contributed by atoms with van der Waals surface area (Å²) in [6.07, 6.45) is 1.34. The Kier molecular flexibility index (Phi) is 5.32. The van der Waals surface area contributed by atoms with Crippen molar-refractivity contribution in [2.75, 3.05) is 17.3 Å². The van der Waals surface area contributed by atoms with Gasteiger partial charge in [-0.05, 0) is 53.8 Å². The minimum absolute atomic E-state index is 0.101. The third kappa shape index (κ3) is 3.92. The number of nitrogens with one attached hydrogen (secondary N) is 2. The van der Waals surface area contributed by atoms with Gasteiger partial charge in [-0.1, -0.05) is 50.2 Å². The van der Waals surface area contributed by atoms with Crippen LogP contribution in [0.25, 0.3) is 11.0 Å². The number of aromatic nitrogens is 2. The van der Waals surface area contributed by atoms with Crippen LogP contribution in [0, 0.1) is 5.41 Å². The molecule has 36 heavy (non-hydrogen) atoms. The number of carbonyl (C=O) groups excluding carboxylic acids is 1. The zero-order chi connectivity index (χ0) is 24.9. The largest absolute Gasteiger partial charge is 0.497 e. The Labute approximate surface area is 211 Å². The van der Waals surface area contributed by atoms with Crippen molar-refractivity contribution in [2.45, 2.75) is 39.3 Å². The molecule has 1 aliphatic heterocycles. The minimum atomic E-state index is -0.265. The van der Waals surface area contributed by atoms with Crippen LogP contribution in [0.3, 0.4) is 0 Å². The van der Waals surface area contributed by atoms with Gasteiger partial charge in [0, 0.05) is 17.7 Å². The highest BCUT2D eigenvalue weighted by Gasteiger charge is 2.41. The van der Waals surface area contributed by atoms with Crippen molar-refractivity contribution in [3.8, 4) is 5.75 Å². The second kappa shape index (κ2) is 8.55. The molecule has 0 amide bonds. The second-order valence-electron chi connectivity index (χ2n) is 10.5. The van der Waals surface area contributed by atoms with E-state index in [4.69, 9.17) is 9.72 Å². The Bertz CT molecular complexity index is 1450. The van der Waals surface area contributed by atoms with Gasteiger partial charge in [-0.3, -0.25) is 4.79 Å². The third-order valence-electron chi connectivity index (χ3n) is 7.19. The van der Waals surface area contributed by atoms with Crippen LogP contribution in [0.15, 0.2) is 84.1 Å². The SMILES string of the molecule is COc1ccc([C@H]2C3=C(CC(C)(C)CC3=O)Nc3ccccc3N2Cc2nc3ccccc3[nH]2)cc1. The van der Waals surface area contributed by atoms with Crippen molar-refractivity contribution in [1.29, 1.82) is 0 Å². The maximum absolute atomic E-state index is 13.8. The molecule has 1 aromatic heterocycles. The van der Waals surface area contributed by atoms with Crippen LogP contribution in [-0.4, -0.2) is 22.9 Å².